The zero-order valence-electron chi connectivity index (χ0n) is 9.36. The summed E-state index contributed by atoms with van der Waals surface area (Å²) in [6, 6.07) is 10.5. The molecule has 2 nitrogen and oxygen atoms in total. The van der Waals surface area contributed by atoms with Gasteiger partial charge in [-0.3, -0.25) is 4.79 Å². The Morgan fingerprint density at radius 2 is 1.83 bits per heavy atom. The first-order chi connectivity index (χ1) is 8.58. The van der Waals surface area contributed by atoms with Crippen LogP contribution in [0.5, 0.6) is 5.75 Å². The van der Waals surface area contributed by atoms with Crippen molar-refractivity contribution < 1.29 is 14.3 Å². The monoisotopic (exact) mass is 264 g/mol. The highest BCUT2D eigenvalue weighted by molar-refractivity contribution is 6.31. The topological polar surface area (TPSA) is 37.3 Å². The van der Waals surface area contributed by atoms with E-state index in [-0.39, 0.29) is 28.5 Å². The summed E-state index contributed by atoms with van der Waals surface area (Å²) in [5.41, 5.74) is 0.688. The number of Topliss-reactive ketones (excluding diaryl/α,β-unsaturated/α-hetero) is 1. The Hall–Kier alpha value is -1.87. The number of benzene rings is 2. The lowest BCUT2D eigenvalue weighted by Crippen LogP contribution is -2.06. The van der Waals surface area contributed by atoms with Crippen molar-refractivity contribution in [3.63, 3.8) is 0 Å². The van der Waals surface area contributed by atoms with E-state index in [1.54, 1.807) is 12.1 Å². The number of aromatic hydroxyl groups is 1. The summed E-state index contributed by atoms with van der Waals surface area (Å²) in [7, 11) is 0. The van der Waals surface area contributed by atoms with Gasteiger partial charge < -0.3 is 5.11 Å². The minimum Gasteiger partial charge on any atom is -0.508 e. The van der Waals surface area contributed by atoms with Crippen molar-refractivity contribution in [2.45, 2.75) is 6.42 Å². The summed E-state index contributed by atoms with van der Waals surface area (Å²) >= 11 is 5.62. The number of carbonyl (C=O) groups is 1. The molecule has 4 heteroatoms. The van der Waals surface area contributed by atoms with Gasteiger partial charge in [-0.05, 0) is 29.8 Å². The van der Waals surface area contributed by atoms with Crippen molar-refractivity contribution in [1.82, 2.24) is 0 Å². The van der Waals surface area contributed by atoms with Gasteiger partial charge in [0.1, 0.15) is 5.75 Å². The number of carbonyl (C=O) groups excluding carboxylic acids is 1. The minimum absolute atomic E-state index is 0.0180. The second-order valence-corrected chi connectivity index (χ2v) is 4.27. The second-order valence-electron chi connectivity index (χ2n) is 3.87. The Morgan fingerprint density at radius 1 is 1.17 bits per heavy atom. The number of hydrogen-bond donors (Lipinski definition) is 1. The Bertz CT molecular complexity index is 579. The predicted octanol–water partition coefficient (Wildman–Crippen LogP) is 3.61. The van der Waals surface area contributed by atoms with E-state index in [0.29, 0.717) is 5.56 Å². The second kappa shape index (κ2) is 5.19. The molecule has 0 spiro atoms. The van der Waals surface area contributed by atoms with E-state index in [2.05, 4.69) is 0 Å². The lowest BCUT2D eigenvalue weighted by Gasteiger charge is -2.04. The number of phenolic OH excluding ortho intramolecular Hbond substituents is 1. The standard InChI is InChI=1S/C14H10ClFO2/c15-12-3-1-2-11(14(12)16)13(18)8-9-4-6-10(17)7-5-9/h1-7,17H,8H2. The van der Waals surface area contributed by atoms with Crippen molar-refractivity contribution in [1.29, 1.82) is 0 Å². The molecule has 0 aromatic heterocycles. The third-order valence-corrected chi connectivity index (χ3v) is 2.84. The average molecular weight is 265 g/mol. The molecule has 2 aromatic carbocycles. The van der Waals surface area contributed by atoms with Crippen LogP contribution in [0.15, 0.2) is 42.5 Å². The minimum atomic E-state index is -0.692. The van der Waals surface area contributed by atoms with Crippen LogP contribution in [0, 0.1) is 5.82 Å². The number of phenols is 1. The van der Waals surface area contributed by atoms with Crippen LogP contribution >= 0.6 is 11.6 Å². The highest BCUT2D eigenvalue weighted by Gasteiger charge is 2.14. The van der Waals surface area contributed by atoms with E-state index < -0.39 is 5.82 Å². The Balaban J connectivity index is 2.22. The van der Waals surface area contributed by atoms with Crippen LogP contribution in [0.2, 0.25) is 5.02 Å². The molecule has 18 heavy (non-hydrogen) atoms. The molecule has 2 aromatic rings. The van der Waals surface area contributed by atoms with E-state index in [4.69, 9.17) is 16.7 Å². The predicted molar refractivity (Wildman–Crippen MR) is 67.6 cm³/mol. The zero-order valence-corrected chi connectivity index (χ0v) is 10.1. The van der Waals surface area contributed by atoms with Crippen molar-refractivity contribution >= 4 is 17.4 Å². The zero-order chi connectivity index (χ0) is 13.1. The van der Waals surface area contributed by atoms with E-state index in [9.17, 15) is 9.18 Å². The van der Waals surface area contributed by atoms with Crippen LogP contribution in [-0.4, -0.2) is 10.9 Å². The Labute approximate surface area is 109 Å². The SMILES string of the molecule is O=C(Cc1ccc(O)cc1)c1cccc(Cl)c1F. The van der Waals surface area contributed by atoms with E-state index >= 15 is 0 Å². The fraction of sp³-hybridized carbons (Fsp3) is 0.0714. The summed E-state index contributed by atoms with van der Waals surface area (Å²) in [5.74, 6) is -0.913. The third-order valence-electron chi connectivity index (χ3n) is 2.55. The summed E-state index contributed by atoms with van der Waals surface area (Å²) < 4.78 is 13.6. The van der Waals surface area contributed by atoms with Crippen molar-refractivity contribution in [2.24, 2.45) is 0 Å². The maximum absolute atomic E-state index is 13.6. The molecule has 0 bridgehead atoms. The van der Waals surface area contributed by atoms with Crippen LogP contribution in [0.3, 0.4) is 0 Å². The van der Waals surface area contributed by atoms with E-state index in [0.717, 1.165) is 0 Å². The first kappa shape index (κ1) is 12.6. The van der Waals surface area contributed by atoms with Gasteiger partial charge in [-0.1, -0.05) is 29.8 Å². The number of hydrogen-bond acceptors (Lipinski definition) is 2. The van der Waals surface area contributed by atoms with Crippen LogP contribution in [0.4, 0.5) is 4.39 Å². The molecule has 0 fully saturated rings. The van der Waals surface area contributed by atoms with Crippen LogP contribution in [-0.2, 0) is 6.42 Å². The molecule has 92 valence electrons. The van der Waals surface area contributed by atoms with Crippen LogP contribution in [0.25, 0.3) is 0 Å². The molecule has 1 N–H and O–H groups in total. The number of rotatable bonds is 3. The molecular formula is C14H10ClFO2. The molecule has 0 radical (unpaired) electrons. The highest BCUT2D eigenvalue weighted by atomic mass is 35.5. The molecule has 0 unspecified atom stereocenters. The van der Waals surface area contributed by atoms with E-state index in [1.165, 1.54) is 30.3 Å². The van der Waals surface area contributed by atoms with Gasteiger partial charge in [0.15, 0.2) is 11.6 Å². The third kappa shape index (κ3) is 2.68. The molecule has 0 atom stereocenters. The number of ketones is 1. The molecule has 0 saturated heterocycles. The van der Waals surface area contributed by atoms with Gasteiger partial charge in [-0.15, -0.1) is 0 Å². The first-order valence-electron chi connectivity index (χ1n) is 5.33. The average Bonchev–Trinajstić information content (AvgIpc) is 2.35. The lowest BCUT2D eigenvalue weighted by molar-refractivity contribution is 0.0989. The van der Waals surface area contributed by atoms with Crippen molar-refractivity contribution in [3.8, 4) is 5.75 Å². The summed E-state index contributed by atoms with van der Waals surface area (Å²) in [6.45, 7) is 0. The maximum atomic E-state index is 13.6. The van der Waals surface area contributed by atoms with Gasteiger partial charge in [0.25, 0.3) is 0 Å². The first-order valence-corrected chi connectivity index (χ1v) is 5.71. The highest BCUT2D eigenvalue weighted by Crippen LogP contribution is 2.20. The largest absolute Gasteiger partial charge is 0.508 e. The molecule has 0 amide bonds. The fourth-order valence-electron chi connectivity index (χ4n) is 1.61. The number of halogens is 2. The van der Waals surface area contributed by atoms with Gasteiger partial charge >= 0.3 is 0 Å². The van der Waals surface area contributed by atoms with Crippen LogP contribution in [0.1, 0.15) is 15.9 Å². The fourth-order valence-corrected chi connectivity index (χ4v) is 1.79. The molecule has 2 rings (SSSR count). The van der Waals surface area contributed by atoms with Crippen LogP contribution < -0.4 is 0 Å². The van der Waals surface area contributed by atoms with Gasteiger partial charge in [0.2, 0.25) is 0 Å². The molecular weight excluding hydrogens is 255 g/mol. The Kier molecular flexibility index (Phi) is 3.63. The van der Waals surface area contributed by atoms with Crippen molar-refractivity contribution in [3.05, 3.63) is 64.4 Å². The van der Waals surface area contributed by atoms with Gasteiger partial charge in [0.05, 0.1) is 10.6 Å². The lowest BCUT2D eigenvalue weighted by atomic mass is 10.0. The van der Waals surface area contributed by atoms with Gasteiger partial charge in [-0.25, -0.2) is 4.39 Å². The summed E-state index contributed by atoms with van der Waals surface area (Å²) in [5, 5.41) is 9.06. The molecule has 0 heterocycles. The summed E-state index contributed by atoms with van der Waals surface area (Å²) in [6.07, 6.45) is 0.0670. The molecule has 0 aliphatic heterocycles. The maximum Gasteiger partial charge on any atom is 0.170 e. The molecule has 0 saturated carbocycles. The smallest absolute Gasteiger partial charge is 0.170 e. The van der Waals surface area contributed by atoms with Gasteiger partial charge in [-0.2, -0.15) is 0 Å². The molecule has 0 aliphatic rings. The normalized spacial score (nSPS) is 10.3. The van der Waals surface area contributed by atoms with Crippen molar-refractivity contribution in [2.75, 3.05) is 0 Å². The molecule has 0 aliphatic carbocycles. The summed E-state index contributed by atoms with van der Waals surface area (Å²) in [4.78, 5) is 11.9. The van der Waals surface area contributed by atoms with E-state index in [1.807, 2.05) is 0 Å². The quantitative estimate of drug-likeness (QED) is 0.860. The Morgan fingerprint density at radius 3 is 2.50 bits per heavy atom. The van der Waals surface area contributed by atoms with Gasteiger partial charge in [0, 0.05) is 6.42 Å².